The number of fused-ring (bicyclic) bond motifs is 3. The molecule has 0 aromatic heterocycles. The van der Waals surface area contributed by atoms with Crippen LogP contribution in [0.1, 0.15) is 42.9 Å². The third-order valence-electron chi connectivity index (χ3n) is 4.71. The van der Waals surface area contributed by atoms with Crippen molar-refractivity contribution in [2.75, 3.05) is 11.9 Å². The second kappa shape index (κ2) is 3.38. The Kier molecular flexibility index (Phi) is 2.16. The number of likely N-dealkylation sites (N-methyl/N-ethyl adjacent to an activating group) is 1. The highest BCUT2D eigenvalue weighted by atomic mass is 15.2. The average molecular weight is 227 g/mol. The van der Waals surface area contributed by atoms with Crippen molar-refractivity contribution in [2.24, 2.45) is 0 Å². The van der Waals surface area contributed by atoms with Crippen LogP contribution in [0.25, 0.3) is 0 Å². The van der Waals surface area contributed by atoms with Gasteiger partial charge in [0.2, 0.25) is 0 Å². The van der Waals surface area contributed by atoms with E-state index in [1.807, 2.05) is 0 Å². The molecule has 1 unspecified atom stereocenters. The van der Waals surface area contributed by atoms with E-state index in [2.05, 4.69) is 50.9 Å². The Balaban J connectivity index is 2.27. The van der Waals surface area contributed by atoms with Crippen LogP contribution in [-0.4, -0.2) is 7.05 Å². The fourth-order valence-electron chi connectivity index (χ4n) is 3.48. The van der Waals surface area contributed by atoms with E-state index in [4.69, 9.17) is 0 Å². The molecule has 1 heterocycles. The van der Waals surface area contributed by atoms with E-state index in [1.165, 1.54) is 47.3 Å². The molecule has 0 bridgehead atoms. The predicted molar refractivity (Wildman–Crippen MR) is 73.6 cm³/mol. The van der Waals surface area contributed by atoms with Crippen molar-refractivity contribution in [1.29, 1.82) is 0 Å². The lowest BCUT2D eigenvalue weighted by atomic mass is 9.74. The second-order valence-corrected chi connectivity index (χ2v) is 5.83. The third-order valence-corrected chi connectivity index (χ3v) is 4.71. The molecule has 0 amide bonds. The van der Waals surface area contributed by atoms with Gasteiger partial charge in [-0.1, -0.05) is 12.1 Å². The zero-order valence-electron chi connectivity index (χ0n) is 11.3. The molecule has 0 saturated heterocycles. The maximum atomic E-state index is 2.44. The van der Waals surface area contributed by atoms with Gasteiger partial charge in [-0.05, 0) is 62.8 Å². The monoisotopic (exact) mass is 227 g/mol. The molecule has 0 spiro atoms. The number of anilines is 1. The summed E-state index contributed by atoms with van der Waals surface area (Å²) in [6.45, 7) is 6.85. The zero-order chi connectivity index (χ0) is 12.2. The van der Waals surface area contributed by atoms with Crippen molar-refractivity contribution in [3.05, 3.63) is 40.6 Å². The summed E-state index contributed by atoms with van der Waals surface area (Å²) in [5, 5.41) is 0. The minimum atomic E-state index is 0.265. The highest BCUT2D eigenvalue weighted by Crippen LogP contribution is 2.52. The van der Waals surface area contributed by atoms with E-state index < -0.39 is 0 Å². The highest BCUT2D eigenvalue weighted by Gasteiger charge is 2.43. The molecule has 3 rings (SSSR count). The molecule has 1 aliphatic heterocycles. The summed E-state index contributed by atoms with van der Waals surface area (Å²) in [4.78, 5) is 2.40. The number of hydrogen-bond acceptors (Lipinski definition) is 1. The topological polar surface area (TPSA) is 3.24 Å². The first-order chi connectivity index (χ1) is 8.04. The van der Waals surface area contributed by atoms with Crippen LogP contribution in [0.5, 0.6) is 0 Å². The predicted octanol–water partition coefficient (Wildman–Crippen LogP) is 4.08. The van der Waals surface area contributed by atoms with Crippen molar-refractivity contribution in [3.63, 3.8) is 0 Å². The Morgan fingerprint density at radius 1 is 1.18 bits per heavy atom. The van der Waals surface area contributed by atoms with Crippen LogP contribution >= 0.6 is 0 Å². The Morgan fingerprint density at radius 3 is 2.65 bits per heavy atom. The van der Waals surface area contributed by atoms with Gasteiger partial charge in [0, 0.05) is 23.8 Å². The van der Waals surface area contributed by atoms with Gasteiger partial charge in [0.15, 0.2) is 0 Å². The SMILES string of the molecule is Cc1cc2c(cc1C)C1(C)CCCC=C1N2C. The highest BCUT2D eigenvalue weighted by molar-refractivity contribution is 5.72. The van der Waals surface area contributed by atoms with Gasteiger partial charge in [-0.15, -0.1) is 0 Å². The molecular formula is C16H21N. The molecule has 0 radical (unpaired) electrons. The average Bonchev–Trinajstić information content (AvgIpc) is 2.51. The van der Waals surface area contributed by atoms with E-state index in [9.17, 15) is 0 Å². The van der Waals surface area contributed by atoms with Crippen LogP contribution in [0.2, 0.25) is 0 Å². The van der Waals surface area contributed by atoms with Crippen LogP contribution in [0, 0.1) is 13.8 Å². The van der Waals surface area contributed by atoms with E-state index >= 15 is 0 Å². The summed E-state index contributed by atoms with van der Waals surface area (Å²) >= 11 is 0. The van der Waals surface area contributed by atoms with Gasteiger partial charge < -0.3 is 4.90 Å². The van der Waals surface area contributed by atoms with Crippen molar-refractivity contribution >= 4 is 5.69 Å². The van der Waals surface area contributed by atoms with Gasteiger partial charge in [0.05, 0.1) is 0 Å². The molecule has 1 nitrogen and oxygen atoms in total. The Hall–Kier alpha value is -1.24. The van der Waals surface area contributed by atoms with Gasteiger partial charge in [-0.3, -0.25) is 0 Å². The maximum absolute atomic E-state index is 2.44. The standard InChI is InChI=1S/C16H21N/c1-11-9-13-14(10-12(11)2)17(4)15-7-5-6-8-16(13,15)3/h7,9-10H,5-6,8H2,1-4H3. The molecular weight excluding hydrogens is 206 g/mol. The number of rotatable bonds is 0. The van der Waals surface area contributed by atoms with Crippen LogP contribution in [0.15, 0.2) is 23.9 Å². The fraction of sp³-hybridized carbons (Fsp3) is 0.500. The number of benzene rings is 1. The summed E-state index contributed by atoms with van der Waals surface area (Å²) in [5.74, 6) is 0. The smallest absolute Gasteiger partial charge is 0.0450 e. The molecule has 1 aromatic carbocycles. The van der Waals surface area contributed by atoms with E-state index in [0.717, 1.165) is 0 Å². The molecule has 2 aliphatic rings. The number of allylic oxidation sites excluding steroid dienone is 2. The van der Waals surface area contributed by atoms with Crippen molar-refractivity contribution < 1.29 is 0 Å². The largest absolute Gasteiger partial charge is 0.347 e. The summed E-state index contributed by atoms with van der Waals surface area (Å²) < 4.78 is 0. The molecule has 1 aromatic rings. The van der Waals surface area contributed by atoms with Gasteiger partial charge in [-0.25, -0.2) is 0 Å². The Labute approximate surface area is 104 Å². The minimum absolute atomic E-state index is 0.265. The van der Waals surface area contributed by atoms with E-state index in [1.54, 1.807) is 0 Å². The Bertz CT molecular complexity index is 513. The summed E-state index contributed by atoms with van der Waals surface area (Å²) in [5.41, 5.74) is 7.56. The molecule has 90 valence electrons. The lowest BCUT2D eigenvalue weighted by Crippen LogP contribution is -2.28. The number of aryl methyl sites for hydroxylation is 2. The first-order valence-corrected chi connectivity index (χ1v) is 6.60. The van der Waals surface area contributed by atoms with Crippen molar-refractivity contribution in [3.8, 4) is 0 Å². The Morgan fingerprint density at radius 2 is 1.88 bits per heavy atom. The summed E-state index contributed by atoms with van der Waals surface area (Å²) in [7, 11) is 2.22. The van der Waals surface area contributed by atoms with Crippen molar-refractivity contribution in [2.45, 2.75) is 45.4 Å². The maximum Gasteiger partial charge on any atom is 0.0450 e. The first-order valence-electron chi connectivity index (χ1n) is 6.60. The van der Waals surface area contributed by atoms with Crippen LogP contribution in [0.4, 0.5) is 5.69 Å². The van der Waals surface area contributed by atoms with E-state index in [-0.39, 0.29) is 5.41 Å². The lowest BCUT2D eigenvalue weighted by molar-refractivity contribution is 0.475. The molecule has 0 N–H and O–H groups in total. The molecule has 0 saturated carbocycles. The van der Waals surface area contributed by atoms with Crippen molar-refractivity contribution in [1.82, 2.24) is 0 Å². The van der Waals surface area contributed by atoms with Gasteiger partial charge in [0.25, 0.3) is 0 Å². The molecule has 1 aliphatic carbocycles. The van der Waals surface area contributed by atoms with Crippen LogP contribution in [0.3, 0.4) is 0 Å². The lowest BCUT2D eigenvalue weighted by Gasteiger charge is -2.32. The quantitative estimate of drug-likeness (QED) is 0.645. The molecule has 1 atom stereocenters. The molecule has 0 fully saturated rings. The first kappa shape index (κ1) is 10.9. The molecule has 1 heteroatoms. The number of nitrogens with zero attached hydrogens (tertiary/aromatic N) is 1. The normalized spacial score (nSPS) is 26.6. The third kappa shape index (κ3) is 1.31. The molecule has 17 heavy (non-hydrogen) atoms. The van der Waals surface area contributed by atoms with Gasteiger partial charge in [-0.2, -0.15) is 0 Å². The number of hydrogen-bond donors (Lipinski definition) is 0. The van der Waals surface area contributed by atoms with Gasteiger partial charge >= 0.3 is 0 Å². The van der Waals surface area contributed by atoms with Gasteiger partial charge in [0.1, 0.15) is 0 Å². The summed E-state index contributed by atoms with van der Waals surface area (Å²) in [6, 6.07) is 4.77. The van der Waals surface area contributed by atoms with E-state index in [0.29, 0.717) is 0 Å². The van der Waals surface area contributed by atoms with Crippen LogP contribution < -0.4 is 4.90 Å². The minimum Gasteiger partial charge on any atom is -0.347 e. The second-order valence-electron chi connectivity index (χ2n) is 5.83. The van der Waals surface area contributed by atoms with Crippen LogP contribution in [-0.2, 0) is 5.41 Å². The summed E-state index contributed by atoms with van der Waals surface area (Å²) in [6.07, 6.45) is 6.29. The zero-order valence-corrected chi connectivity index (χ0v) is 11.3. The fourth-order valence-corrected chi connectivity index (χ4v) is 3.48.